The monoisotopic (exact) mass is 1140 g/mol. The number of benzene rings is 12. The van der Waals surface area contributed by atoms with E-state index in [0.29, 0.717) is 11.8 Å². The van der Waals surface area contributed by atoms with Crippen LogP contribution >= 0.6 is 0 Å². The fourth-order valence-corrected chi connectivity index (χ4v) is 17.6. The molecule has 0 saturated heterocycles. The molecule has 5 aliphatic carbocycles. The summed E-state index contributed by atoms with van der Waals surface area (Å²) in [6, 6.07) is 81.5. The predicted molar refractivity (Wildman–Crippen MR) is 379 cm³/mol. The van der Waals surface area contributed by atoms with Crippen molar-refractivity contribution in [2.24, 2.45) is 23.7 Å². The number of fused-ring (bicyclic) bond motifs is 13. The van der Waals surface area contributed by atoms with Crippen LogP contribution in [0.3, 0.4) is 0 Å². The lowest BCUT2D eigenvalue weighted by molar-refractivity contribution is -0.0398. The summed E-state index contributed by atoms with van der Waals surface area (Å²) in [6.07, 6.45) is 6.53. The summed E-state index contributed by atoms with van der Waals surface area (Å²) in [6.45, 7) is 28.6. The summed E-state index contributed by atoms with van der Waals surface area (Å²) in [4.78, 5) is 5.38. The molecule has 0 heterocycles. The number of nitrogens with zero attached hydrogens (tertiary/aromatic N) is 2. The molecule has 0 aliphatic heterocycles. The lowest BCUT2D eigenvalue weighted by Crippen LogP contribution is -2.55. The molecule has 438 valence electrons. The maximum absolute atomic E-state index is 2.79. The zero-order chi connectivity index (χ0) is 60.6. The van der Waals surface area contributed by atoms with Gasteiger partial charge in [0.2, 0.25) is 0 Å². The fourth-order valence-electron chi connectivity index (χ4n) is 17.6. The highest BCUT2D eigenvalue weighted by molar-refractivity contribution is 6.19. The van der Waals surface area contributed by atoms with Crippen LogP contribution in [0.15, 0.2) is 206 Å². The lowest BCUT2D eigenvalue weighted by atomic mass is 9.43. The van der Waals surface area contributed by atoms with Crippen LogP contribution in [0.2, 0.25) is 0 Å². The van der Waals surface area contributed by atoms with Crippen LogP contribution in [0.1, 0.15) is 149 Å². The third kappa shape index (κ3) is 8.54. The molecule has 1 spiro atoms. The van der Waals surface area contributed by atoms with E-state index in [9.17, 15) is 0 Å². The minimum absolute atomic E-state index is 0.0771. The van der Waals surface area contributed by atoms with Crippen LogP contribution in [-0.2, 0) is 27.1 Å². The van der Waals surface area contributed by atoms with E-state index >= 15 is 0 Å². The third-order valence-electron chi connectivity index (χ3n) is 21.9. The Labute approximate surface area is 522 Å². The van der Waals surface area contributed by atoms with Gasteiger partial charge in [-0.1, -0.05) is 229 Å². The van der Waals surface area contributed by atoms with Crippen molar-refractivity contribution >= 4 is 98.8 Å². The Morgan fingerprint density at radius 2 is 0.602 bits per heavy atom. The van der Waals surface area contributed by atoms with Gasteiger partial charge in [0.05, 0.1) is 11.4 Å². The summed E-state index contributed by atoms with van der Waals surface area (Å²) >= 11 is 0. The first kappa shape index (κ1) is 55.1. The summed E-state index contributed by atoms with van der Waals surface area (Å²) in [7, 11) is 0. The quantitative estimate of drug-likeness (QED) is 0.153. The SMILES string of the molecule is CC(C)(C)c1cc(N(c2ccc3c(ccc4ccccc43)c2)c2cc3c(c4ccccc24)-c2c(cc(N(c4cc(C(C)(C)C)cc(C(C)(C)C)c4)c4ccc5c(ccc6ccccc65)c4)c4ccccc24)C32C3CC4CC(C3)CC2C4)cc(C(C)(C)C)c1. The first-order valence-corrected chi connectivity index (χ1v) is 33.0. The molecule has 12 aromatic rings. The number of hydrogen-bond donors (Lipinski definition) is 0. The van der Waals surface area contributed by atoms with Crippen molar-refractivity contribution in [1.29, 1.82) is 0 Å². The van der Waals surface area contributed by atoms with Crippen LogP contribution in [0.5, 0.6) is 0 Å². The first-order valence-electron chi connectivity index (χ1n) is 33.0. The molecule has 0 radical (unpaired) electrons. The molecule has 2 heteroatoms. The van der Waals surface area contributed by atoms with Gasteiger partial charge in [0.25, 0.3) is 0 Å². The molecule has 0 amide bonds. The topological polar surface area (TPSA) is 6.48 Å². The van der Waals surface area contributed by atoms with Gasteiger partial charge >= 0.3 is 0 Å². The molecule has 4 fully saturated rings. The highest BCUT2D eigenvalue weighted by Gasteiger charge is 2.62. The van der Waals surface area contributed by atoms with Crippen LogP contribution in [0, 0.1) is 23.7 Å². The van der Waals surface area contributed by atoms with Gasteiger partial charge in [-0.05, 0) is 236 Å². The average Bonchev–Trinajstić information content (AvgIpc) is 1.47. The molecule has 88 heavy (non-hydrogen) atoms. The van der Waals surface area contributed by atoms with Crippen molar-refractivity contribution in [2.45, 2.75) is 142 Å². The molecular formula is C86H84N2. The molecule has 0 unspecified atom stereocenters. The molecule has 0 N–H and O–H groups in total. The van der Waals surface area contributed by atoms with E-state index in [1.165, 1.54) is 164 Å². The maximum atomic E-state index is 2.79. The zero-order valence-electron chi connectivity index (χ0n) is 53.9. The van der Waals surface area contributed by atoms with Gasteiger partial charge < -0.3 is 9.80 Å². The highest BCUT2D eigenvalue weighted by atomic mass is 15.2. The standard InChI is InChI=1S/C86H84N2/c1-82(2,3)58-44-59(83(4,5)6)47-66(46-58)87(64-33-35-70-56(42-64)31-29-54-21-13-15-23-68(54)70)78-50-76-80(74-27-19-17-25-72(74)78)81-75-28-20-18-26-73(75)79(51-77(81)86(76)62-38-52-37-53(40-62)41-63(86)39-52)88(67-48-60(84(7,8)9)45-61(49-67)85(10,11)12)65-34-36-71-57(43-65)32-30-55-22-14-16-24-69(55)71/h13-36,42-53,62-63H,37-41H2,1-12H3. The molecule has 4 saturated carbocycles. The summed E-state index contributed by atoms with van der Waals surface area (Å²) < 4.78 is 0. The lowest BCUT2D eigenvalue weighted by Gasteiger charge is -2.61. The van der Waals surface area contributed by atoms with Crippen molar-refractivity contribution < 1.29 is 0 Å². The Balaban J connectivity index is 1.01. The minimum Gasteiger partial charge on any atom is -0.310 e. The normalized spacial score (nSPS) is 18.8. The molecule has 2 nitrogen and oxygen atoms in total. The molecule has 0 atom stereocenters. The van der Waals surface area contributed by atoms with Crippen molar-refractivity contribution in [2.75, 3.05) is 9.80 Å². The molecule has 4 bridgehead atoms. The van der Waals surface area contributed by atoms with Crippen LogP contribution in [-0.4, -0.2) is 0 Å². The van der Waals surface area contributed by atoms with Crippen LogP contribution in [0.4, 0.5) is 34.1 Å². The smallest absolute Gasteiger partial charge is 0.0543 e. The van der Waals surface area contributed by atoms with Crippen molar-refractivity contribution in [1.82, 2.24) is 0 Å². The van der Waals surface area contributed by atoms with E-state index in [1.54, 1.807) is 11.1 Å². The van der Waals surface area contributed by atoms with Crippen LogP contribution < -0.4 is 9.80 Å². The number of anilines is 6. The van der Waals surface area contributed by atoms with Gasteiger partial charge in [0, 0.05) is 38.9 Å². The largest absolute Gasteiger partial charge is 0.310 e. The highest BCUT2D eigenvalue weighted by Crippen LogP contribution is 2.72. The van der Waals surface area contributed by atoms with Gasteiger partial charge in [-0.2, -0.15) is 0 Å². The van der Waals surface area contributed by atoms with Crippen molar-refractivity contribution in [3.63, 3.8) is 0 Å². The van der Waals surface area contributed by atoms with E-state index in [0.717, 1.165) is 11.8 Å². The van der Waals surface area contributed by atoms with Gasteiger partial charge in [-0.25, -0.2) is 0 Å². The van der Waals surface area contributed by atoms with E-state index in [2.05, 4.69) is 299 Å². The summed E-state index contributed by atoms with van der Waals surface area (Å²) in [5.41, 5.74) is 18.3. The predicted octanol–water partition coefficient (Wildman–Crippen LogP) is 24.5. The summed E-state index contributed by atoms with van der Waals surface area (Å²) in [5, 5.41) is 15.5. The Morgan fingerprint density at radius 1 is 0.284 bits per heavy atom. The van der Waals surface area contributed by atoms with E-state index < -0.39 is 0 Å². The van der Waals surface area contributed by atoms with Gasteiger partial charge in [0.1, 0.15) is 0 Å². The van der Waals surface area contributed by atoms with E-state index in [1.807, 2.05) is 0 Å². The third-order valence-corrected chi connectivity index (χ3v) is 21.9. The second-order valence-electron chi connectivity index (χ2n) is 31.5. The Hall–Kier alpha value is -8.20. The second-order valence-corrected chi connectivity index (χ2v) is 31.5. The maximum Gasteiger partial charge on any atom is 0.0543 e. The van der Waals surface area contributed by atoms with Crippen LogP contribution in [0.25, 0.3) is 75.8 Å². The van der Waals surface area contributed by atoms with E-state index in [-0.39, 0.29) is 27.1 Å². The minimum atomic E-state index is -0.203. The van der Waals surface area contributed by atoms with Crippen molar-refractivity contribution in [3.8, 4) is 11.1 Å². The second kappa shape index (κ2) is 19.4. The summed E-state index contributed by atoms with van der Waals surface area (Å²) in [5.74, 6) is 2.60. The van der Waals surface area contributed by atoms with Crippen molar-refractivity contribution in [3.05, 3.63) is 240 Å². The molecule has 5 aliphatic rings. The number of hydrogen-bond acceptors (Lipinski definition) is 2. The Morgan fingerprint density at radius 3 is 0.966 bits per heavy atom. The fraction of sp³-hybridized carbons (Fsp3) is 0.302. The molecule has 12 aromatic carbocycles. The van der Waals surface area contributed by atoms with Gasteiger partial charge in [-0.15, -0.1) is 0 Å². The van der Waals surface area contributed by atoms with Gasteiger partial charge in [0.15, 0.2) is 0 Å². The Bertz CT molecular complexity index is 4490. The molecule has 0 aromatic heterocycles. The van der Waals surface area contributed by atoms with E-state index in [4.69, 9.17) is 0 Å². The molecular weight excluding hydrogens is 1060 g/mol. The molecule has 17 rings (SSSR count). The number of rotatable bonds is 6. The van der Waals surface area contributed by atoms with Gasteiger partial charge in [-0.3, -0.25) is 0 Å². The Kier molecular flexibility index (Phi) is 12.2. The average molecular weight is 1150 g/mol. The zero-order valence-corrected chi connectivity index (χ0v) is 53.9. The first-order chi connectivity index (χ1) is 42.1.